The van der Waals surface area contributed by atoms with Gasteiger partial charge in [0.05, 0.1) is 11.3 Å². The maximum Gasteiger partial charge on any atom is 0.311 e. The van der Waals surface area contributed by atoms with E-state index in [9.17, 15) is 14.7 Å². The van der Waals surface area contributed by atoms with Crippen LogP contribution in [0, 0.1) is 16.7 Å². The second-order valence-electron chi connectivity index (χ2n) is 7.73. The summed E-state index contributed by atoms with van der Waals surface area (Å²) < 4.78 is 0. The van der Waals surface area contributed by atoms with Crippen LogP contribution in [-0.2, 0) is 9.59 Å². The smallest absolute Gasteiger partial charge is 0.311 e. The number of aliphatic carboxylic acids is 1. The van der Waals surface area contributed by atoms with E-state index in [1.165, 1.54) is 0 Å². The van der Waals surface area contributed by atoms with Crippen molar-refractivity contribution in [3.8, 4) is 0 Å². The molecule has 0 aromatic rings. The third-order valence-electron chi connectivity index (χ3n) is 4.53. The Balaban J connectivity index is 2.77. The van der Waals surface area contributed by atoms with Gasteiger partial charge < -0.3 is 16.2 Å². The van der Waals surface area contributed by atoms with E-state index in [1.54, 1.807) is 6.92 Å². The molecule has 0 radical (unpaired) electrons. The van der Waals surface area contributed by atoms with Gasteiger partial charge in [0.25, 0.3) is 0 Å². The summed E-state index contributed by atoms with van der Waals surface area (Å²) in [5, 5.41) is 12.5. The topological polar surface area (TPSA) is 92.4 Å². The molecule has 1 rings (SSSR count). The van der Waals surface area contributed by atoms with Gasteiger partial charge in [0.15, 0.2) is 0 Å². The number of carbonyl (C=O) groups is 2. The lowest BCUT2D eigenvalue weighted by Gasteiger charge is -2.39. The van der Waals surface area contributed by atoms with Crippen molar-refractivity contribution in [1.82, 2.24) is 5.32 Å². The second-order valence-corrected chi connectivity index (χ2v) is 7.73. The number of carboxylic acids is 1. The van der Waals surface area contributed by atoms with E-state index in [0.717, 1.165) is 19.3 Å². The van der Waals surface area contributed by atoms with Gasteiger partial charge in [-0.05, 0) is 31.6 Å². The molecule has 4 N–H and O–H groups in total. The molecule has 3 atom stereocenters. The Hall–Kier alpha value is -1.10. The SMILES string of the molecule is CC(C)(C)CC(CN)C(=O)NC1CCCCC1(C)C(=O)O. The van der Waals surface area contributed by atoms with Gasteiger partial charge in [-0.15, -0.1) is 0 Å². The van der Waals surface area contributed by atoms with Gasteiger partial charge >= 0.3 is 5.97 Å². The molecule has 0 bridgehead atoms. The zero-order chi connectivity index (χ0) is 16.3. The summed E-state index contributed by atoms with van der Waals surface area (Å²) in [6, 6.07) is -0.301. The average Bonchev–Trinajstić information content (AvgIpc) is 2.37. The predicted molar refractivity (Wildman–Crippen MR) is 82.8 cm³/mol. The fourth-order valence-corrected chi connectivity index (χ4v) is 3.13. The zero-order valence-corrected chi connectivity index (χ0v) is 13.7. The van der Waals surface area contributed by atoms with Crippen molar-refractivity contribution < 1.29 is 14.7 Å². The minimum Gasteiger partial charge on any atom is -0.481 e. The third kappa shape index (κ3) is 4.70. The molecule has 1 fully saturated rings. The molecule has 0 spiro atoms. The van der Waals surface area contributed by atoms with Gasteiger partial charge in [-0.1, -0.05) is 33.6 Å². The maximum absolute atomic E-state index is 12.4. The maximum atomic E-state index is 12.4. The van der Waals surface area contributed by atoms with E-state index in [4.69, 9.17) is 5.73 Å². The van der Waals surface area contributed by atoms with Crippen LogP contribution in [0.4, 0.5) is 0 Å². The number of carboxylic acid groups (broad SMARTS) is 1. The Morgan fingerprint density at radius 3 is 2.48 bits per heavy atom. The lowest BCUT2D eigenvalue weighted by molar-refractivity contribution is -0.152. The van der Waals surface area contributed by atoms with Crippen molar-refractivity contribution in [3.63, 3.8) is 0 Å². The normalized spacial score (nSPS) is 28.0. The summed E-state index contributed by atoms with van der Waals surface area (Å²) in [4.78, 5) is 24.0. The van der Waals surface area contributed by atoms with E-state index in [0.29, 0.717) is 19.4 Å². The predicted octanol–water partition coefficient (Wildman–Crippen LogP) is 2.15. The number of hydrogen-bond donors (Lipinski definition) is 3. The van der Waals surface area contributed by atoms with E-state index < -0.39 is 11.4 Å². The largest absolute Gasteiger partial charge is 0.481 e. The van der Waals surface area contributed by atoms with Crippen molar-refractivity contribution in [3.05, 3.63) is 0 Å². The van der Waals surface area contributed by atoms with Crippen molar-refractivity contribution in [2.24, 2.45) is 22.5 Å². The standard InChI is InChI=1S/C16H30N2O3/c1-15(2,3)9-11(10-17)13(19)18-12-7-5-6-8-16(12,4)14(20)21/h11-12H,5-10,17H2,1-4H3,(H,18,19)(H,20,21). The number of nitrogens with one attached hydrogen (secondary N) is 1. The van der Waals surface area contributed by atoms with Crippen LogP contribution in [0.3, 0.4) is 0 Å². The minimum atomic E-state index is -0.866. The Morgan fingerprint density at radius 2 is 2.00 bits per heavy atom. The number of nitrogens with two attached hydrogens (primary N) is 1. The van der Waals surface area contributed by atoms with Gasteiger partial charge in [-0.3, -0.25) is 9.59 Å². The van der Waals surface area contributed by atoms with Gasteiger partial charge in [-0.2, -0.15) is 0 Å². The zero-order valence-electron chi connectivity index (χ0n) is 13.7. The summed E-state index contributed by atoms with van der Waals surface area (Å²) in [7, 11) is 0. The van der Waals surface area contributed by atoms with E-state index >= 15 is 0 Å². The van der Waals surface area contributed by atoms with Gasteiger partial charge in [0.2, 0.25) is 5.91 Å². The Morgan fingerprint density at radius 1 is 1.38 bits per heavy atom. The Labute approximate surface area is 127 Å². The first kappa shape index (κ1) is 18.0. The van der Waals surface area contributed by atoms with Gasteiger partial charge in [0.1, 0.15) is 0 Å². The molecule has 5 heteroatoms. The average molecular weight is 298 g/mol. The fourth-order valence-electron chi connectivity index (χ4n) is 3.13. The molecule has 122 valence electrons. The summed E-state index contributed by atoms with van der Waals surface area (Å²) in [6.45, 7) is 8.25. The molecule has 0 aromatic carbocycles. The lowest BCUT2D eigenvalue weighted by Crippen LogP contribution is -2.54. The highest BCUT2D eigenvalue weighted by Gasteiger charge is 2.44. The van der Waals surface area contributed by atoms with Crippen LogP contribution >= 0.6 is 0 Å². The molecule has 1 saturated carbocycles. The number of hydrogen-bond acceptors (Lipinski definition) is 3. The first-order chi connectivity index (χ1) is 9.60. The molecule has 0 heterocycles. The van der Waals surface area contributed by atoms with Crippen LogP contribution in [-0.4, -0.2) is 29.6 Å². The highest BCUT2D eigenvalue weighted by Crippen LogP contribution is 2.36. The molecule has 0 aliphatic heterocycles. The molecular weight excluding hydrogens is 268 g/mol. The molecule has 1 amide bonds. The van der Waals surface area contributed by atoms with Crippen LogP contribution in [0.1, 0.15) is 59.8 Å². The van der Waals surface area contributed by atoms with E-state index in [-0.39, 0.29) is 23.3 Å². The van der Waals surface area contributed by atoms with Crippen molar-refractivity contribution >= 4 is 11.9 Å². The summed E-state index contributed by atoms with van der Waals surface area (Å²) >= 11 is 0. The third-order valence-corrected chi connectivity index (χ3v) is 4.53. The lowest BCUT2D eigenvalue weighted by atomic mass is 9.71. The highest BCUT2D eigenvalue weighted by atomic mass is 16.4. The van der Waals surface area contributed by atoms with E-state index in [2.05, 4.69) is 26.1 Å². The number of carbonyl (C=O) groups excluding carboxylic acids is 1. The second kappa shape index (κ2) is 6.77. The molecule has 0 saturated heterocycles. The van der Waals surface area contributed by atoms with Crippen LogP contribution in [0.2, 0.25) is 0 Å². The molecule has 3 unspecified atom stereocenters. The first-order valence-corrected chi connectivity index (χ1v) is 7.84. The minimum absolute atomic E-state index is 0.0179. The Bertz CT molecular complexity index is 389. The highest BCUT2D eigenvalue weighted by molar-refractivity contribution is 5.81. The van der Waals surface area contributed by atoms with Gasteiger partial charge in [-0.25, -0.2) is 0 Å². The number of amides is 1. The van der Waals surface area contributed by atoms with Crippen molar-refractivity contribution in [1.29, 1.82) is 0 Å². The monoisotopic (exact) mass is 298 g/mol. The van der Waals surface area contributed by atoms with Crippen LogP contribution in [0.15, 0.2) is 0 Å². The molecule has 5 nitrogen and oxygen atoms in total. The van der Waals surface area contributed by atoms with Crippen molar-refractivity contribution in [2.75, 3.05) is 6.54 Å². The summed E-state index contributed by atoms with van der Waals surface area (Å²) in [6.07, 6.45) is 3.89. The molecule has 1 aliphatic rings. The van der Waals surface area contributed by atoms with Crippen LogP contribution in [0.25, 0.3) is 0 Å². The van der Waals surface area contributed by atoms with Gasteiger partial charge in [0, 0.05) is 12.6 Å². The molecule has 1 aliphatic carbocycles. The van der Waals surface area contributed by atoms with Crippen LogP contribution in [0.5, 0.6) is 0 Å². The Kier molecular flexibility index (Phi) is 5.79. The quantitative estimate of drug-likeness (QED) is 0.725. The van der Waals surface area contributed by atoms with Crippen molar-refractivity contribution in [2.45, 2.75) is 65.8 Å². The molecule has 0 aromatic heterocycles. The van der Waals surface area contributed by atoms with E-state index in [1.807, 2.05) is 0 Å². The van der Waals surface area contributed by atoms with Crippen LogP contribution < -0.4 is 11.1 Å². The number of rotatable bonds is 5. The first-order valence-electron chi connectivity index (χ1n) is 7.84. The fraction of sp³-hybridized carbons (Fsp3) is 0.875. The summed E-state index contributed by atoms with van der Waals surface area (Å²) in [5.41, 5.74) is 4.89. The molecule has 21 heavy (non-hydrogen) atoms. The molecular formula is C16H30N2O3. The summed E-state index contributed by atoms with van der Waals surface area (Å²) in [5.74, 6) is -1.19.